The summed E-state index contributed by atoms with van der Waals surface area (Å²) in [5.74, 6) is -0.841. The molecule has 0 fully saturated rings. The van der Waals surface area contributed by atoms with Gasteiger partial charge in [0.15, 0.2) is 0 Å². The highest BCUT2D eigenvalue weighted by atomic mass is 19.1. The van der Waals surface area contributed by atoms with Crippen LogP contribution in [-0.2, 0) is 16.0 Å². The van der Waals surface area contributed by atoms with E-state index in [9.17, 15) is 9.18 Å². The van der Waals surface area contributed by atoms with Gasteiger partial charge in [-0.3, -0.25) is 4.90 Å². The van der Waals surface area contributed by atoms with Gasteiger partial charge in [-0.1, -0.05) is 48.5 Å². The van der Waals surface area contributed by atoms with E-state index in [1.807, 2.05) is 30.3 Å². The number of ether oxygens (including phenoxy) is 1. The Balaban J connectivity index is 2.00. The van der Waals surface area contributed by atoms with Crippen LogP contribution in [-0.4, -0.2) is 31.6 Å². The molecule has 2 rings (SSSR count). The second kappa shape index (κ2) is 7.71. The Hall–Kier alpha value is -2.20. The molecule has 0 aromatic heterocycles. The molecule has 4 heteroatoms. The molecule has 0 spiro atoms. The van der Waals surface area contributed by atoms with Crippen molar-refractivity contribution in [1.82, 2.24) is 4.90 Å². The highest BCUT2D eigenvalue weighted by molar-refractivity contribution is 5.77. The summed E-state index contributed by atoms with van der Waals surface area (Å²) in [5.41, 5.74) is 1.43. The highest BCUT2D eigenvalue weighted by Crippen LogP contribution is 2.22. The minimum Gasteiger partial charge on any atom is -0.464 e. The summed E-state index contributed by atoms with van der Waals surface area (Å²) < 4.78 is 19.2. The Morgan fingerprint density at radius 2 is 1.73 bits per heavy atom. The molecule has 3 nitrogen and oxygen atoms in total. The zero-order chi connectivity index (χ0) is 15.9. The van der Waals surface area contributed by atoms with Crippen molar-refractivity contribution >= 4 is 5.97 Å². The average molecular weight is 301 g/mol. The average Bonchev–Trinajstić information content (AvgIpc) is 2.50. The molecule has 2 aromatic carbocycles. The molecule has 1 atom stereocenters. The van der Waals surface area contributed by atoms with Crippen LogP contribution in [0.25, 0.3) is 0 Å². The van der Waals surface area contributed by atoms with Crippen LogP contribution >= 0.6 is 0 Å². The quantitative estimate of drug-likeness (QED) is 0.767. The van der Waals surface area contributed by atoms with Gasteiger partial charge >= 0.3 is 5.97 Å². The third-order valence-corrected chi connectivity index (χ3v) is 3.42. The lowest BCUT2D eigenvalue weighted by Crippen LogP contribution is -2.30. The first kappa shape index (κ1) is 16.2. The lowest BCUT2D eigenvalue weighted by Gasteiger charge is -2.23. The van der Waals surface area contributed by atoms with Gasteiger partial charge in [0, 0.05) is 12.0 Å². The zero-order valence-corrected chi connectivity index (χ0v) is 12.8. The molecule has 0 heterocycles. The third-order valence-electron chi connectivity index (χ3n) is 3.42. The molecule has 0 saturated heterocycles. The van der Waals surface area contributed by atoms with Crippen molar-refractivity contribution in [2.75, 3.05) is 20.7 Å². The minimum absolute atomic E-state index is 0.279. The Morgan fingerprint density at radius 1 is 1.09 bits per heavy atom. The number of likely N-dealkylation sites (N-methyl/N-ethyl adjacent to an activating group) is 1. The molecule has 0 amide bonds. The van der Waals surface area contributed by atoms with Gasteiger partial charge in [0.2, 0.25) is 0 Å². The molecule has 0 aliphatic rings. The fourth-order valence-corrected chi connectivity index (χ4v) is 2.31. The van der Waals surface area contributed by atoms with Gasteiger partial charge in [-0.05, 0) is 25.7 Å². The maximum Gasteiger partial charge on any atom is 0.328 e. The lowest BCUT2D eigenvalue weighted by molar-refractivity contribution is -0.149. The Bertz CT molecular complexity index is 613. The normalized spacial score (nSPS) is 12.2. The molecule has 22 heavy (non-hydrogen) atoms. The molecule has 0 bridgehead atoms. The fraction of sp³-hybridized carbons (Fsp3) is 0.278. The molecule has 0 aliphatic carbocycles. The van der Waals surface area contributed by atoms with Crippen molar-refractivity contribution in [2.45, 2.75) is 12.5 Å². The summed E-state index contributed by atoms with van der Waals surface area (Å²) in [6.45, 7) is 0.279. The maximum absolute atomic E-state index is 13.9. The van der Waals surface area contributed by atoms with Crippen LogP contribution in [0.1, 0.15) is 17.2 Å². The summed E-state index contributed by atoms with van der Waals surface area (Å²) >= 11 is 0. The highest BCUT2D eigenvalue weighted by Gasteiger charge is 2.26. The van der Waals surface area contributed by atoms with E-state index in [0.717, 1.165) is 5.56 Å². The summed E-state index contributed by atoms with van der Waals surface area (Å²) in [6.07, 6.45) is 0.643. The van der Waals surface area contributed by atoms with Crippen molar-refractivity contribution < 1.29 is 13.9 Å². The van der Waals surface area contributed by atoms with Gasteiger partial charge in [-0.15, -0.1) is 0 Å². The summed E-state index contributed by atoms with van der Waals surface area (Å²) in [7, 11) is 3.46. The molecule has 0 saturated carbocycles. The molecular formula is C18H20FNO2. The molecule has 0 radical (unpaired) electrons. The van der Waals surface area contributed by atoms with Crippen LogP contribution in [0, 0.1) is 5.82 Å². The summed E-state index contributed by atoms with van der Waals surface area (Å²) in [4.78, 5) is 14.0. The molecule has 0 unspecified atom stereocenters. The Kier molecular flexibility index (Phi) is 5.67. The van der Waals surface area contributed by atoms with Gasteiger partial charge in [-0.2, -0.15) is 0 Å². The fourth-order valence-electron chi connectivity index (χ4n) is 2.31. The predicted molar refractivity (Wildman–Crippen MR) is 83.9 cm³/mol. The second-order valence-electron chi connectivity index (χ2n) is 5.29. The monoisotopic (exact) mass is 301 g/mol. The first-order valence-corrected chi connectivity index (χ1v) is 7.21. The van der Waals surface area contributed by atoms with E-state index in [0.29, 0.717) is 12.0 Å². The summed E-state index contributed by atoms with van der Waals surface area (Å²) in [6, 6.07) is 15.3. The van der Waals surface area contributed by atoms with Crippen molar-refractivity contribution in [3.8, 4) is 0 Å². The first-order chi connectivity index (χ1) is 10.6. The number of benzene rings is 2. The smallest absolute Gasteiger partial charge is 0.328 e. The Morgan fingerprint density at radius 3 is 2.36 bits per heavy atom. The number of carbonyl (C=O) groups excluding carboxylic acids is 1. The van der Waals surface area contributed by atoms with Crippen molar-refractivity contribution in [3.05, 3.63) is 71.5 Å². The van der Waals surface area contributed by atoms with E-state index in [1.165, 1.54) is 6.07 Å². The number of rotatable bonds is 6. The SMILES string of the molecule is CN(C)[C@H](C(=O)OCCc1ccccc1)c1ccccc1F. The Labute approximate surface area is 130 Å². The third kappa shape index (κ3) is 4.15. The van der Waals surface area contributed by atoms with Crippen LogP contribution in [0.5, 0.6) is 0 Å². The van der Waals surface area contributed by atoms with Crippen LogP contribution in [0.2, 0.25) is 0 Å². The largest absolute Gasteiger partial charge is 0.464 e. The lowest BCUT2D eigenvalue weighted by atomic mass is 10.1. The molecule has 2 aromatic rings. The van der Waals surface area contributed by atoms with E-state index in [1.54, 1.807) is 37.2 Å². The molecule has 116 valence electrons. The van der Waals surface area contributed by atoms with Gasteiger partial charge in [0.1, 0.15) is 11.9 Å². The summed E-state index contributed by atoms with van der Waals surface area (Å²) in [5, 5.41) is 0. The van der Waals surface area contributed by atoms with E-state index >= 15 is 0 Å². The molecule has 0 N–H and O–H groups in total. The van der Waals surface area contributed by atoms with Gasteiger partial charge in [-0.25, -0.2) is 9.18 Å². The number of hydrogen-bond acceptors (Lipinski definition) is 3. The van der Waals surface area contributed by atoms with E-state index in [2.05, 4.69) is 0 Å². The maximum atomic E-state index is 13.9. The second-order valence-corrected chi connectivity index (χ2v) is 5.29. The van der Waals surface area contributed by atoms with Crippen LogP contribution in [0.3, 0.4) is 0 Å². The minimum atomic E-state index is -0.739. The first-order valence-electron chi connectivity index (χ1n) is 7.21. The van der Waals surface area contributed by atoms with E-state index in [-0.39, 0.29) is 6.61 Å². The van der Waals surface area contributed by atoms with E-state index in [4.69, 9.17) is 4.74 Å². The van der Waals surface area contributed by atoms with Gasteiger partial charge in [0.25, 0.3) is 0 Å². The van der Waals surface area contributed by atoms with E-state index < -0.39 is 17.8 Å². The van der Waals surface area contributed by atoms with Crippen LogP contribution in [0.4, 0.5) is 4.39 Å². The molecule has 0 aliphatic heterocycles. The predicted octanol–water partition coefficient (Wildman–Crippen LogP) is 3.21. The standard InChI is InChI=1S/C18H20FNO2/c1-20(2)17(15-10-6-7-11-16(15)19)18(21)22-13-12-14-8-4-3-5-9-14/h3-11,17H,12-13H2,1-2H3/t17-/m0/s1. The van der Waals surface area contributed by atoms with Gasteiger partial charge < -0.3 is 4.74 Å². The van der Waals surface area contributed by atoms with Crippen molar-refractivity contribution in [2.24, 2.45) is 0 Å². The topological polar surface area (TPSA) is 29.5 Å². The van der Waals surface area contributed by atoms with Gasteiger partial charge in [0.05, 0.1) is 6.61 Å². The number of halogens is 1. The molecular weight excluding hydrogens is 281 g/mol. The van der Waals surface area contributed by atoms with Crippen LogP contribution < -0.4 is 0 Å². The number of carbonyl (C=O) groups is 1. The zero-order valence-electron chi connectivity index (χ0n) is 12.8. The number of nitrogens with zero attached hydrogens (tertiary/aromatic N) is 1. The van der Waals surface area contributed by atoms with Crippen molar-refractivity contribution in [1.29, 1.82) is 0 Å². The number of esters is 1. The number of hydrogen-bond donors (Lipinski definition) is 0. The van der Waals surface area contributed by atoms with Crippen LogP contribution in [0.15, 0.2) is 54.6 Å². The van der Waals surface area contributed by atoms with Crippen molar-refractivity contribution in [3.63, 3.8) is 0 Å².